The highest BCUT2D eigenvalue weighted by Crippen LogP contribution is 2.39. The van der Waals surface area contributed by atoms with Gasteiger partial charge >= 0.3 is 0 Å². The number of rotatable bonds is 19. The standard InChI is InChI=1S/C16H16O5S.C14H14O4S.C12H12O3S.C10H14O8S5.C9H12O6S4/c1-6(17)11-12(7(2)18)14(9(4)20)16(22)15(10(5)21)13(11)8(3)19;1-6(15)10-5-11(7(2)16)13(9(4)18)14(19)12(10)8(3)17;1-6(13)9-4-10(7(2)14)12(16)11(5-9)8(3)15;1-20(11,12)6-5-7(21(2,13)14)10(23(4,17)18)8(19)9(6)22(3,15)16;1-17(10,11)6-4-7(18(2,12)13)9(16)8(5-6)19(3,14)15/h22H,1-5H3;5,19H,1-4H3;4-5,16H,1-3H3;5,19H,1-4H3;4-5,16H,1-3H3. The fourth-order valence-electron chi connectivity index (χ4n) is 8.98. The molecule has 0 aliphatic carbocycles. The van der Waals surface area contributed by atoms with Crippen molar-refractivity contribution in [3.05, 3.63) is 103 Å². The van der Waals surface area contributed by atoms with Gasteiger partial charge in [-0.25, -0.2) is 58.9 Å². The van der Waals surface area contributed by atoms with E-state index in [1.54, 1.807) is 0 Å². The summed E-state index contributed by atoms with van der Waals surface area (Å²) in [5.41, 5.74) is 0.689. The van der Waals surface area contributed by atoms with E-state index >= 15 is 0 Å². The topological polar surface area (TPSA) is 444 Å². The molecule has 0 fully saturated rings. The molecule has 38 heteroatoms. The van der Waals surface area contributed by atoms with E-state index in [0.717, 1.165) is 30.9 Å². The van der Waals surface area contributed by atoms with Crippen molar-refractivity contribution in [2.45, 2.75) is 142 Å². The molecule has 5 aromatic rings. The molecule has 0 aliphatic heterocycles. The zero-order valence-electron chi connectivity index (χ0n) is 56.2. The Balaban J connectivity index is 0.000000622. The van der Waals surface area contributed by atoms with Crippen LogP contribution in [0.5, 0.6) is 0 Å². The zero-order chi connectivity index (χ0) is 78.5. The SMILES string of the molecule is CC(=O)c1c(S)c(C(C)=O)c(C(C)=O)c(C(C)=O)c1C(C)=O.CC(=O)c1cc(C(C)=O)c(C(C)=O)c(S)c1C(C)=O.CC(=O)c1cc(C(C)=O)c(S)c(C(C)=O)c1.CS(=O)(=O)c1cc(S(C)(=O)=O)c(S(C)(=O)=O)c(S)c1S(C)(=O)=O.CS(=O)(=O)c1cc(S(C)(=O)=O)c(S)c(S(C)(=O)=O)c1. The van der Waals surface area contributed by atoms with Gasteiger partial charge in [-0.3, -0.25) is 57.5 Å². The highest BCUT2D eigenvalue weighted by atomic mass is 32.2. The maximum atomic E-state index is 12.0. The largest absolute Gasteiger partial charge is 0.295 e. The van der Waals surface area contributed by atoms with Crippen LogP contribution < -0.4 is 0 Å². The van der Waals surface area contributed by atoms with Crippen molar-refractivity contribution in [2.24, 2.45) is 0 Å². The summed E-state index contributed by atoms with van der Waals surface area (Å²) in [5, 5.41) is 0. The number of thiol groups is 5. The first-order valence-corrected chi connectivity index (χ1v) is 42.6. The second-order valence-electron chi connectivity index (χ2n) is 21.9. The number of carbonyl (C=O) groups is 12. The lowest BCUT2D eigenvalue weighted by Gasteiger charge is -2.19. The summed E-state index contributed by atoms with van der Waals surface area (Å²) in [6.07, 6.45) is 5.25. The smallest absolute Gasteiger partial charge is 0.177 e. The highest BCUT2D eigenvalue weighted by molar-refractivity contribution is 7.96. The summed E-state index contributed by atoms with van der Waals surface area (Å²) in [6, 6.07) is 6.59. The molecule has 0 saturated carbocycles. The van der Waals surface area contributed by atoms with Crippen molar-refractivity contribution < 1.29 is 116 Å². The van der Waals surface area contributed by atoms with Gasteiger partial charge in [-0.05, 0) is 119 Å². The van der Waals surface area contributed by atoms with E-state index in [1.807, 2.05) is 0 Å². The van der Waals surface area contributed by atoms with E-state index in [-0.39, 0.29) is 110 Å². The maximum absolute atomic E-state index is 12.0. The second kappa shape index (κ2) is 33.6. The van der Waals surface area contributed by atoms with Gasteiger partial charge in [0.25, 0.3) is 0 Å². The van der Waals surface area contributed by atoms with Crippen LogP contribution in [0.25, 0.3) is 0 Å². The highest BCUT2D eigenvalue weighted by Gasteiger charge is 2.35. The Kier molecular flexibility index (Phi) is 30.7. The molecule has 0 unspecified atom stereocenters. The van der Waals surface area contributed by atoms with Crippen LogP contribution in [0.3, 0.4) is 0 Å². The number of benzene rings is 5. The number of sulfone groups is 7. The van der Waals surface area contributed by atoms with Gasteiger partial charge in [0.15, 0.2) is 138 Å². The normalized spacial score (nSPS) is 11.7. The summed E-state index contributed by atoms with van der Waals surface area (Å²) >= 11 is 20.2. The molecule has 0 amide bonds. The molecular weight excluding hydrogens is 1530 g/mol. The molecule has 0 atom stereocenters. The Labute approximate surface area is 601 Å². The molecule has 0 bridgehead atoms. The predicted octanol–water partition coefficient (Wildman–Crippen LogP) is 8.13. The van der Waals surface area contributed by atoms with Gasteiger partial charge < -0.3 is 0 Å². The van der Waals surface area contributed by atoms with E-state index in [2.05, 4.69) is 63.1 Å². The first-order valence-electron chi connectivity index (χ1n) is 27.2. The number of ketones is 12. The third kappa shape index (κ3) is 22.8. The van der Waals surface area contributed by atoms with E-state index < -0.39 is 132 Å². The average Bonchev–Trinajstić information content (AvgIpc) is 0.749. The third-order valence-corrected chi connectivity index (χ3v) is 24.3. The lowest BCUT2D eigenvalue weighted by molar-refractivity contribution is 0.0948. The first kappa shape index (κ1) is 90.6. The molecule has 0 N–H and O–H groups in total. The molecule has 0 spiro atoms. The minimum atomic E-state index is -4.21. The van der Waals surface area contributed by atoms with E-state index in [0.29, 0.717) is 52.7 Å². The molecule has 0 aromatic heterocycles. The van der Waals surface area contributed by atoms with Gasteiger partial charge in [-0.1, -0.05) is 0 Å². The van der Waals surface area contributed by atoms with E-state index in [4.69, 9.17) is 0 Å². The second-order valence-corrected chi connectivity index (χ2v) is 38.0. The van der Waals surface area contributed by atoms with Crippen LogP contribution in [0.4, 0.5) is 0 Å². The molecule has 5 rings (SSSR count). The quantitative estimate of drug-likeness (QED) is 0.0384. The van der Waals surface area contributed by atoms with Crippen LogP contribution in [0.2, 0.25) is 0 Å². The lowest BCUT2D eigenvalue weighted by atomic mass is 9.84. The van der Waals surface area contributed by atoms with Gasteiger partial charge in [-0.2, -0.15) is 0 Å². The number of carbonyl (C=O) groups excluding carboxylic acids is 12. The zero-order valence-corrected chi connectivity index (χ0v) is 66.4. The summed E-state index contributed by atoms with van der Waals surface area (Å²) in [7, 11) is -28.1. The third-order valence-electron chi connectivity index (χ3n) is 13.2. The van der Waals surface area contributed by atoms with Gasteiger partial charge in [0.1, 0.15) is 0 Å². The molecule has 540 valence electrons. The minimum absolute atomic E-state index is 0.0413. The minimum Gasteiger partial charge on any atom is -0.295 e. The van der Waals surface area contributed by atoms with E-state index in [1.165, 1.54) is 101 Å². The van der Waals surface area contributed by atoms with Crippen LogP contribution in [-0.2, 0) is 68.9 Å². The molecule has 5 aromatic carbocycles. The fourth-order valence-corrected chi connectivity index (χ4v) is 20.8. The molecular formula is C61H68O26S12. The van der Waals surface area contributed by atoms with Crippen molar-refractivity contribution >= 4 is 201 Å². The van der Waals surface area contributed by atoms with Crippen LogP contribution in [0.1, 0.15) is 207 Å². The van der Waals surface area contributed by atoms with Gasteiger partial charge in [0, 0.05) is 135 Å². The molecule has 0 aliphatic rings. The van der Waals surface area contributed by atoms with Crippen LogP contribution >= 0.6 is 63.1 Å². The number of hydrogen-bond acceptors (Lipinski definition) is 31. The van der Waals surface area contributed by atoms with Crippen molar-refractivity contribution in [1.29, 1.82) is 0 Å². The average molecular weight is 1600 g/mol. The van der Waals surface area contributed by atoms with Crippen molar-refractivity contribution in [2.75, 3.05) is 43.8 Å². The van der Waals surface area contributed by atoms with Crippen LogP contribution in [0, 0.1) is 0 Å². The molecule has 0 radical (unpaired) electrons. The Hall–Kier alpha value is -6.46. The van der Waals surface area contributed by atoms with Crippen molar-refractivity contribution in [3.8, 4) is 0 Å². The summed E-state index contributed by atoms with van der Waals surface area (Å²) in [4.78, 5) is 135. The van der Waals surface area contributed by atoms with Crippen LogP contribution in [-0.4, -0.2) is 172 Å². The molecule has 26 nitrogen and oxygen atoms in total. The number of Topliss-reactive ketones (excluding diaryl/α,β-unsaturated/α-hetero) is 12. The van der Waals surface area contributed by atoms with E-state index in [9.17, 15) is 116 Å². The Bertz CT molecular complexity index is 4990. The maximum Gasteiger partial charge on any atom is 0.177 e. The van der Waals surface area contributed by atoms with Gasteiger partial charge in [0.05, 0.1) is 34.3 Å². The molecule has 0 heterocycles. The summed E-state index contributed by atoms with van der Waals surface area (Å²) in [5.74, 6) is -4.69. The Morgan fingerprint density at radius 3 is 0.667 bits per heavy atom. The Morgan fingerprint density at radius 2 is 0.465 bits per heavy atom. The van der Waals surface area contributed by atoms with Crippen molar-refractivity contribution in [1.82, 2.24) is 0 Å². The fraction of sp³-hybridized carbons (Fsp3) is 0.311. The van der Waals surface area contributed by atoms with Gasteiger partial charge in [0.2, 0.25) is 0 Å². The molecule has 0 saturated heterocycles. The monoisotopic (exact) mass is 1600 g/mol. The van der Waals surface area contributed by atoms with Gasteiger partial charge in [-0.15, -0.1) is 63.1 Å². The van der Waals surface area contributed by atoms with Crippen LogP contribution in [0.15, 0.2) is 95.1 Å². The number of hydrogen-bond donors (Lipinski definition) is 5. The summed E-state index contributed by atoms with van der Waals surface area (Å²) in [6.45, 7) is 15.3. The lowest BCUT2D eigenvalue weighted by Crippen LogP contribution is -2.21. The molecule has 99 heavy (non-hydrogen) atoms. The summed E-state index contributed by atoms with van der Waals surface area (Å²) < 4.78 is 164. The van der Waals surface area contributed by atoms with Crippen molar-refractivity contribution in [3.63, 3.8) is 0 Å². The Morgan fingerprint density at radius 1 is 0.222 bits per heavy atom. The predicted molar refractivity (Wildman–Crippen MR) is 380 cm³/mol. The first-order chi connectivity index (χ1) is 44.2.